The van der Waals surface area contributed by atoms with Gasteiger partial charge in [-0.05, 0) is 80.0 Å². The first-order valence-corrected chi connectivity index (χ1v) is 8.63. The zero-order chi connectivity index (χ0) is 16.0. The van der Waals surface area contributed by atoms with Crippen molar-refractivity contribution in [1.82, 2.24) is 5.32 Å². The van der Waals surface area contributed by atoms with Gasteiger partial charge < -0.3 is 10.1 Å². The van der Waals surface area contributed by atoms with E-state index in [-0.39, 0.29) is 11.9 Å². The number of hydrogen-bond acceptors (Lipinski definition) is 3. The van der Waals surface area contributed by atoms with E-state index < -0.39 is 0 Å². The van der Waals surface area contributed by atoms with Gasteiger partial charge in [0, 0.05) is 11.6 Å². The van der Waals surface area contributed by atoms with E-state index in [1.165, 1.54) is 39.2 Å². The predicted molar refractivity (Wildman–Crippen MR) is 86.1 cm³/mol. The van der Waals surface area contributed by atoms with Crippen molar-refractivity contribution in [2.45, 2.75) is 38.1 Å². The highest BCUT2D eigenvalue weighted by Gasteiger charge is 2.48. The summed E-state index contributed by atoms with van der Waals surface area (Å²) in [6.45, 7) is 0. The van der Waals surface area contributed by atoms with E-state index in [2.05, 4.69) is 10.1 Å². The number of methoxy groups -OCH3 is 1. The largest absolute Gasteiger partial charge is 0.465 e. The summed E-state index contributed by atoms with van der Waals surface area (Å²) in [4.78, 5) is 24.0. The Morgan fingerprint density at radius 2 is 1.43 bits per heavy atom. The third-order valence-corrected chi connectivity index (χ3v) is 6.09. The lowest BCUT2D eigenvalue weighted by molar-refractivity contribution is -0.0119. The molecule has 0 atom stereocenters. The van der Waals surface area contributed by atoms with Crippen molar-refractivity contribution in [3.8, 4) is 0 Å². The highest BCUT2D eigenvalue weighted by Crippen LogP contribution is 2.53. The van der Waals surface area contributed by atoms with Crippen molar-refractivity contribution in [1.29, 1.82) is 0 Å². The third kappa shape index (κ3) is 2.64. The second-order valence-corrected chi connectivity index (χ2v) is 7.50. The molecule has 4 aliphatic rings. The zero-order valence-corrected chi connectivity index (χ0v) is 13.5. The molecule has 0 aliphatic heterocycles. The number of amides is 1. The molecule has 1 aromatic rings. The molecule has 0 spiro atoms. The lowest BCUT2D eigenvalue weighted by atomic mass is 9.54. The number of rotatable bonds is 3. The van der Waals surface area contributed by atoms with Gasteiger partial charge in [-0.25, -0.2) is 4.79 Å². The van der Waals surface area contributed by atoms with Crippen LogP contribution in [0.15, 0.2) is 24.3 Å². The average molecular weight is 313 g/mol. The highest BCUT2D eigenvalue weighted by atomic mass is 16.5. The van der Waals surface area contributed by atoms with Crippen LogP contribution in [-0.4, -0.2) is 25.0 Å². The summed E-state index contributed by atoms with van der Waals surface area (Å²) in [5, 5.41) is 3.29. The molecule has 0 unspecified atom stereocenters. The Balaban J connectivity index is 1.45. The van der Waals surface area contributed by atoms with Gasteiger partial charge in [-0.15, -0.1) is 0 Å². The molecular weight excluding hydrogens is 290 g/mol. The fraction of sp³-hybridized carbons (Fsp3) is 0.579. The van der Waals surface area contributed by atoms with E-state index in [1.54, 1.807) is 24.3 Å². The van der Waals surface area contributed by atoms with Gasteiger partial charge in [0.05, 0.1) is 12.7 Å². The van der Waals surface area contributed by atoms with E-state index in [1.807, 2.05) is 0 Å². The Morgan fingerprint density at radius 1 is 0.913 bits per heavy atom. The Morgan fingerprint density at radius 3 is 1.96 bits per heavy atom. The molecule has 0 radical (unpaired) electrons. The molecular formula is C19H23NO3. The first-order valence-electron chi connectivity index (χ1n) is 8.63. The minimum atomic E-state index is -0.377. The number of ether oxygens (including phenoxy) is 1. The predicted octanol–water partition coefficient (Wildman–Crippen LogP) is 3.03. The average Bonchev–Trinajstić information content (AvgIpc) is 2.56. The van der Waals surface area contributed by atoms with Crippen LogP contribution < -0.4 is 5.32 Å². The number of nitrogens with one attached hydrogen (secondary N) is 1. The molecule has 0 heterocycles. The lowest BCUT2D eigenvalue weighted by Gasteiger charge is -2.54. The van der Waals surface area contributed by atoms with E-state index in [4.69, 9.17) is 0 Å². The fourth-order valence-corrected chi connectivity index (χ4v) is 5.27. The molecule has 4 nitrogen and oxygen atoms in total. The van der Waals surface area contributed by atoms with Crippen LogP contribution in [-0.2, 0) is 4.74 Å². The minimum absolute atomic E-state index is 0.0149. The van der Waals surface area contributed by atoms with E-state index in [0.29, 0.717) is 29.0 Å². The standard InChI is InChI=1S/C19H23NO3/c1-23-19(22)14-4-2-13(3-5-14)18(21)20-17-15-7-11-6-12(9-15)10-16(17)8-11/h2-5,11-12,15-17H,6-10H2,1H3,(H,20,21). The van der Waals surface area contributed by atoms with Gasteiger partial charge in [0.1, 0.15) is 0 Å². The molecule has 1 aromatic carbocycles. The van der Waals surface area contributed by atoms with Crippen LogP contribution in [0.2, 0.25) is 0 Å². The van der Waals surface area contributed by atoms with Gasteiger partial charge in [0.2, 0.25) is 0 Å². The van der Waals surface area contributed by atoms with E-state index in [0.717, 1.165) is 11.8 Å². The van der Waals surface area contributed by atoms with Crippen molar-refractivity contribution in [3.05, 3.63) is 35.4 Å². The highest BCUT2D eigenvalue weighted by molar-refractivity contribution is 5.96. The van der Waals surface area contributed by atoms with Crippen LogP contribution in [0.3, 0.4) is 0 Å². The molecule has 5 rings (SSSR count). The monoisotopic (exact) mass is 313 g/mol. The number of esters is 1. The smallest absolute Gasteiger partial charge is 0.337 e. The first-order chi connectivity index (χ1) is 11.1. The van der Waals surface area contributed by atoms with Crippen molar-refractivity contribution >= 4 is 11.9 Å². The fourth-order valence-electron chi connectivity index (χ4n) is 5.27. The molecule has 1 amide bonds. The van der Waals surface area contributed by atoms with Crippen LogP contribution in [0.5, 0.6) is 0 Å². The van der Waals surface area contributed by atoms with Gasteiger partial charge in [-0.2, -0.15) is 0 Å². The maximum absolute atomic E-state index is 12.6. The topological polar surface area (TPSA) is 55.4 Å². The van der Waals surface area contributed by atoms with E-state index in [9.17, 15) is 9.59 Å². The van der Waals surface area contributed by atoms with Crippen LogP contribution >= 0.6 is 0 Å². The van der Waals surface area contributed by atoms with E-state index >= 15 is 0 Å². The Kier molecular flexibility index (Phi) is 3.63. The second kappa shape index (κ2) is 5.66. The van der Waals surface area contributed by atoms with Crippen LogP contribution in [0, 0.1) is 23.7 Å². The molecule has 4 heteroatoms. The maximum atomic E-state index is 12.6. The van der Waals surface area contributed by atoms with Gasteiger partial charge in [-0.3, -0.25) is 4.79 Å². The normalized spacial score (nSPS) is 34.2. The number of hydrogen-bond donors (Lipinski definition) is 1. The molecule has 4 saturated carbocycles. The molecule has 122 valence electrons. The van der Waals surface area contributed by atoms with Crippen molar-refractivity contribution < 1.29 is 14.3 Å². The van der Waals surface area contributed by atoms with Crippen molar-refractivity contribution in [3.63, 3.8) is 0 Å². The van der Waals surface area contributed by atoms with Gasteiger partial charge in [0.15, 0.2) is 0 Å². The molecule has 0 aromatic heterocycles. The lowest BCUT2D eigenvalue weighted by Crippen LogP contribution is -2.55. The van der Waals surface area contributed by atoms with Crippen LogP contribution in [0.4, 0.5) is 0 Å². The molecule has 1 N–H and O–H groups in total. The van der Waals surface area contributed by atoms with Gasteiger partial charge in [0.25, 0.3) is 5.91 Å². The maximum Gasteiger partial charge on any atom is 0.337 e. The number of benzene rings is 1. The second-order valence-electron chi connectivity index (χ2n) is 7.50. The molecule has 0 saturated heterocycles. The minimum Gasteiger partial charge on any atom is -0.465 e. The summed E-state index contributed by atoms with van der Waals surface area (Å²) >= 11 is 0. The van der Waals surface area contributed by atoms with Gasteiger partial charge in [-0.1, -0.05) is 0 Å². The van der Waals surface area contributed by atoms with Crippen molar-refractivity contribution in [2.75, 3.05) is 7.11 Å². The zero-order valence-electron chi connectivity index (χ0n) is 13.5. The number of carbonyl (C=O) groups excluding carboxylic acids is 2. The summed E-state index contributed by atoms with van der Waals surface area (Å²) in [5.74, 6) is 2.76. The molecule has 23 heavy (non-hydrogen) atoms. The van der Waals surface area contributed by atoms with Crippen LogP contribution in [0.1, 0.15) is 52.8 Å². The molecule has 4 bridgehead atoms. The van der Waals surface area contributed by atoms with Crippen molar-refractivity contribution in [2.24, 2.45) is 23.7 Å². The Hall–Kier alpha value is -1.84. The summed E-state index contributed by atoms with van der Waals surface area (Å²) in [6.07, 6.45) is 6.58. The molecule has 4 fully saturated rings. The summed E-state index contributed by atoms with van der Waals surface area (Å²) in [6, 6.07) is 7.06. The van der Waals surface area contributed by atoms with Gasteiger partial charge >= 0.3 is 5.97 Å². The molecule has 4 aliphatic carbocycles. The SMILES string of the molecule is COC(=O)c1ccc(C(=O)NC2C3CC4CC(C3)CC2C4)cc1. The summed E-state index contributed by atoms with van der Waals surface area (Å²) in [5.41, 5.74) is 1.09. The summed E-state index contributed by atoms with van der Waals surface area (Å²) in [7, 11) is 1.36. The first kappa shape index (κ1) is 14.7. The Bertz CT molecular complexity index is 594. The number of carbonyl (C=O) groups is 2. The van der Waals surface area contributed by atoms with Crippen LogP contribution in [0.25, 0.3) is 0 Å². The third-order valence-electron chi connectivity index (χ3n) is 6.09. The quantitative estimate of drug-likeness (QED) is 0.873. The Labute approximate surface area is 136 Å². The summed E-state index contributed by atoms with van der Waals surface area (Å²) < 4.78 is 4.68.